The average Bonchev–Trinajstić information content (AvgIpc) is 2.73. The first-order chi connectivity index (χ1) is 13.2. The molecule has 0 saturated carbocycles. The fourth-order valence-electron chi connectivity index (χ4n) is 4.13. The lowest BCUT2D eigenvalue weighted by Gasteiger charge is -2.42. The number of aliphatic hydroxyl groups is 1. The Balaban J connectivity index is 1.67. The summed E-state index contributed by atoms with van der Waals surface area (Å²) >= 11 is 0. The van der Waals surface area contributed by atoms with E-state index >= 15 is 0 Å². The number of hydrogen-bond acceptors (Lipinski definition) is 4. The van der Waals surface area contributed by atoms with Gasteiger partial charge in [0.2, 0.25) is 0 Å². The molecule has 1 fully saturated rings. The summed E-state index contributed by atoms with van der Waals surface area (Å²) in [5, 5.41) is 10.2. The third kappa shape index (κ3) is 5.24. The Morgan fingerprint density at radius 1 is 1.00 bits per heavy atom. The van der Waals surface area contributed by atoms with Gasteiger partial charge in [0.1, 0.15) is 11.5 Å². The van der Waals surface area contributed by atoms with Crippen LogP contribution in [0.25, 0.3) is 0 Å². The summed E-state index contributed by atoms with van der Waals surface area (Å²) in [6, 6.07) is 16.6. The maximum absolute atomic E-state index is 10.2. The van der Waals surface area contributed by atoms with Gasteiger partial charge in [-0.05, 0) is 55.5 Å². The molecule has 0 amide bonds. The number of aliphatic hydroxyl groups excluding tert-OH is 1. The third-order valence-corrected chi connectivity index (χ3v) is 5.68. The van der Waals surface area contributed by atoms with Crippen molar-refractivity contribution in [2.45, 2.75) is 32.2 Å². The zero-order chi connectivity index (χ0) is 19.1. The van der Waals surface area contributed by atoms with E-state index in [0.717, 1.165) is 56.8 Å². The molecule has 3 rings (SSSR count). The first-order valence-corrected chi connectivity index (χ1v) is 9.75. The molecule has 4 heteroatoms. The summed E-state index contributed by atoms with van der Waals surface area (Å²) in [5.74, 6) is 1.64. The summed E-state index contributed by atoms with van der Waals surface area (Å²) < 4.78 is 10.8. The molecule has 1 saturated heterocycles. The molecule has 1 N–H and O–H groups in total. The van der Waals surface area contributed by atoms with Crippen molar-refractivity contribution in [3.63, 3.8) is 0 Å². The Labute approximate surface area is 162 Å². The van der Waals surface area contributed by atoms with Crippen LogP contribution < -0.4 is 9.47 Å². The fraction of sp³-hybridized carbons (Fsp3) is 0.478. The summed E-state index contributed by atoms with van der Waals surface area (Å²) in [6.07, 6.45) is 4.25. The highest BCUT2D eigenvalue weighted by Gasteiger charge is 2.34. The highest BCUT2D eigenvalue weighted by atomic mass is 16.5. The van der Waals surface area contributed by atoms with Crippen molar-refractivity contribution in [1.29, 1.82) is 0 Å². The van der Waals surface area contributed by atoms with Crippen LogP contribution in [0.15, 0.2) is 48.5 Å². The van der Waals surface area contributed by atoms with Gasteiger partial charge >= 0.3 is 0 Å². The van der Waals surface area contributed by atoms with E-state index in [9.17, 15) is 5.11 Å². The Hall–Kier alpha value is -2.04. The second-order valence-corrected chi connectivity index (χ2v) is 7.68. The van der Waals surface area contributed by atoms with Crippen LogP contribution in [0.4, 0.5) is 0 Å². The van der Waals surface area contributed by atoms with Crippen LogP contribution in [0.2, 0.25) is 0 Å². The summed E-state index contributed by atoms with van der Waals surface area (Å²) in [4.78, 5) is 2.46. The van der Waals surface area contributed by atoms with Gasteiger partial charge in [0.05, 0.1) is 14.2 Å². The highest BCUT2D eigenvalue weighted by Crippen LogP contribution is 2.35. The van der Waals surface area contributed by atoms with Crippen molar-refractivity contribution in [2.75, 3.05) is 33.9 Å². The largest absolute Gasteiger partial charge is 0.497 e. The highest BCUT2D eigenvalue weighted by molar-refractivity contribution is 5.38. The van der Waals surface area contributed by atoms with Crippen LogP contribution in [0.5, 0.6) is 11.5 Å². The van der Waals surface area contributed by atoms with Crippen molar-refractivity contribution in [1.82, 2.24) is 4.90 Å². The van der Waals surface area contributed by atoms with E-state index in [4.69, 9.17) is 9.47 Å². The molecule has 1 aliphatic heterocycles. The van der Waals surface area contributed by atoms with Crippen molar-refractivity contribution < 1.29 is 14.6 Å². The number of rotatable bonds is 8. The molecule has 2 aromatic carbocycles. The SMILES string of the molecule is COc1cc(CN2CCCC(CO)(CCc3ccccc3)C2)cc(OC)c1. The van der Waals surface area contributed by atoms with Gasteiger partial charge in [0.15, 0.2) is 0 Å². The van der Waals surface area contributed by atoms with E-state index in [-0.39, 0.29) is 12.0 Å². The average molecular weight is 370 g/mol. The molecular formula is C23H31NO3. The van der Waals surface area contributed by atoms with Gasteiger partial charge in [-0.1, -0.05) is 30.3 Å². The van der Waals surface area contributed by atoms with Gasteiger partial charge in [-0.25, -0.2) is 0 Å². The Morgan fingerprint density at radius 2 is 1.70 bits per heavy atom. The molecule has 0 radical (unpaired) electrons. The number of aryl methyl sites for hydroxylation is 1. The van der Waals surface area contributed by atoms with E-state index in [0.29, 0.717) is 0 Å². The molecule has 1 unspecified atom stereocenters. The predicted molar refractivity (Wildman–Crippen MR) is 108 cm³/mol. The summed E-state index contributed by atoms with van der Waals surface area (Å²) in [6.45, 7) is 3.08. The van der Waals surface area contributed by atoms with E-state index in [2.05, 4.69) is 47.4 Å². The lowest BCUT2D eigenvalue weighted by atomic mass is 9.76. The minimum Gasteiger partial charge on any atom is -0.497 e. The van der Waals surface area contributed by atoms with Gasteiger partial charge in [-0.2, -0.15) is 0 Å². The van der Waals surface area contributed by atoms with Crippen LogP contribution in [0.3, 0.4) is 0 Å². The first-order valence-electron chi connectivity index (χ1n) is 9.75. The molecule has 1 heterocycles. The van der Waals surface area contributed by atoms with Gasteiger partial charge in [-0.3, -0.25) is 4.90 Å². The van der Waals surface area contributed by atoms with E-state index in [1.54, 1.807) is 14.2 Å². The van der Waals surface area contributed by atoms with Gasteiger partial charge in [0, 0.05) is 31.2 Å². The lowest BCUT2D eigenvalue weighted by Crippen LogP contribution is -2.45. The molecule has 0 spiro atoms. The Kier molecular flexibility index (Phi) is 6.75. The maximum atomic E-state index is 10.2. The smallest absolute Gasteiger partial charge is 0.122 e. The number of hydrogen-bond donors (Lipinski definition) is 1. The second kappa shape index (κ2) is 9.25. The first kappa shape index (κ1) is 19.7. The third-order valence-electron chi connectivity index (χ3n) is 5.68. The zero-order valence-corrected chi connectivity index (χ0v) is 16.5. The quantitative estimate of drug-likeness (QED) is 0.766. The number of benzene rings is 2. The number of ether oxygens (including phenoxy) is 2. The maximum Gasteiger partial charge on any atom is 0.122 e. The van der Waals surface area contributed by atoms with Crippen LogP contribution >= 0.6 is 0 Å². The van der Waals surface area contributed by atoms with Crippen molar-refractivity contribution in [2.24, 2.45) is 5.41 Å². The summed E-state index contributed by atoms with van der Waals surface area (Å²) in [5.41, 5.74) is 2.51. The standard InChI is InChI=1S/C23H31NO3/c1-26-21-13-20(14-22(15-21)27-2)16-24-12-6-10-23(17-24,18-25)11-9-19-7-4-3-5-8-19/h3-5,7-8,13-15,25H,6,9-12,16-18H2,1-2H3. The van der Waals surface area contributed by atoms with Gasteiger partial charge < -0.3 is 14.6 Å². The van der Waals surface area contributed by atoms with Crippen molar-refractivity contribution in [3.8, 4) is 11.5 Å². The number of nitrogens with zero attached hydrogens (tertiary/aromatic N) is 1. The van der Waals surface area contributed by atoms with E-state index < -0.39 is 0 Å². The minimum atomic E-state index is -0.0168. The van der Waals surface area contributed by atoms with Crippen LogP contribution in [-0.4, -0.2) is 43.9 Å². The Bertz CT molecular complexity index is 697. The van der Waals surface area contributed by atoms with Crippen LogP contribution in [0, 0.1) is 5.41 Å². The topological polar surface area (TPSA) is 41.9 Å². The van der Waals surface area contributed by atoms with Crippen molar-refractivity contribution in [3.05, 3.63) is 59.7 Å². The monoisotopic (exact) mass is 369 g/mol. The van der Waals surface area contributed by atoms with Crippen molar-refractivity contribution >= 4 is 0 Å². The molecular weight excluding hydrogens is 338 g/mol. The van der Waals surface area contributed by atoms with Crippen LogP contribution in [-0.2, 0) is 13.0 Å². The molecule has 0 aliphatic carbocycles. The molecule has 27 heavy (non-hydrogen) atoms. The lowest BCUT2D eigenvalue weighted by molar-refractivity contribution is 0.0223. The molecule has 0 aromatic heterocycles. The normalized spacial score (nSPS) is 20.4. The predicted octanol–water partition coefficient (Wildman–Crippen LogP) is 3.91. The van der Waals surface area contributed by atoms with E-state index in [1.165, 1.54) is 11.1 Å². The van der Waals surface area contributed by atoms with E-state index in [1.807, 2.05) is 6.07 Å². The molecule has 1 aliphatic rings. The molecule has 1 atom stereocenters. The van der Waals surface area contributed by atoms with Crippen LogP contribution in [0.1, 0.15) is 30.4 Å². The number of likely N-dealkylation sites (tertiary alicyclic amines) is 1. The van der Waals surface area contributed by atoms with Gasteiger partial charge in [0.25, 0.3) is 0 Å². The second-order valence-electron chi connectivity index (χ2n) is 7.68. The fourth-order valence-corrected chi connectivity index (χ4v) is 4.13. The molecule has 2 aromatic rings. The summed E-state index contributed by atoms with van der Waals surface area (Å²) in [7, 11) is 3.36. The molecule has 146 valence electrons. The molecule has 0 bridgehead atoms. The number of methoxy groups -OCH3 is 2. The van der Waals surface area contributed by atoms with Gasteiger partial charge in [-0.15, -0.1) is 0 Å². The molecule has 4 nitrogen and oxygen atoms in total. The minimum absolute atomic E-state index is 0.0168. The number of piperidine rings is 1. The zero-order valence-electron chi connectivity index (χ0n) is 16.5. The Morgan fingerprint density at radius 3 is 2.33 bits per heavy atom.